The predicted molar refractivity (Wildman–Crippen MR) is 98.5 cm³/mol. The van der Waals surface area contributed by atoms with Gasteiger partial charge in [-0.3, -0.25) is 19.1 Å². The van der Waals surface area contributed by atoms with Gasteiger partial charge in [-0.15, -0.1) is 0 Å². The van der Waals surface area contributed by atoms with Crippen molar-refractivity contribution in [2.45, 2.75) is 13.0 Å². The Balaban J connectivity index is 1.70. The number of hydrogen-bond donors (Lipinski definition) is 2. The van der Waals surface area contributed by atoms with Gasteiger partial charge in [0.05, 0.1) is 18.0 Å². The number of amides is 1. The molecule has 26 heavy (non-hydrogen) atoms. The monoisotopic (exact) mass is 353 g/mol. The summed E-state index contributed by atoms with van der Waals surface area (Å²) in [4.78, 5) is 38.4. The molecule has 0 bridgehead atoms. The quantitative estimate of drug-likeness (QED) is 0.693. The summed E-state index contributed by atoms with van der Waals surface area (Å²) in [7, 11) is 1.60. The van der Waals surface area contributed by atoms with Gasteiger partial charge in [0.1, 0.15) is 12.3 Å². The van der Waals surface area contributed by atoms with E-state index in [0.717, 1.165) is 11.3 Å². The van der Waals surface area contributed by atoms with Gasteiger partial charge < -0.3 is 10.1 Å². The van der Waals surface area contributed by atoms with E-state index in [4.69, 9.17) is 4.74 Å². The van der Waals surface area contributed by atoms with Crippen molar-refractivity contribution in [1.29, 1.82) is 0 Å². The average molecular weight is 353 g/mol. The summed E-state index contributed by atoms with van der Waals surface area (Å²) < 4.78 is 6.54. The third-order valence-corrected chi connectivity index (χ3v) is 4.12. The number of H-pyrrole nitrogens is 1. The fourth-order valence-corrected chi connectivity index (χ4v) is 2.84. The van der Waals surface area contributed by atoms with Crippen molar-refractivity contribution < 1.29 is 9.53 Å². The zero-order valence-corrected chi connectivity index (χ0v) is 14.3. The number of rotatable bonds is 6. The second kappa shape index (κ2) is 7.69. The fourth-order valence-electron chi connectivity index (χ4n) is 2.84. The highest BCUT2D eigenvalue weighted by molar-refractivity contribution is 5.81. The standard InChI is InChI=1S/C19H19N3O4/c1-26-16-9-5-2-6-13(16)10-11-20-17(23)12-22-15-8-4-3-7-14(15)18(24)21-19(22)25/h2-9H,10-12H2,1H3,(H,20,23)(H,21,24,25). The van der Waals surface area contributed by atoms with Crippen LogP contribution in [-0.2, 0) is 17.8 Å². The second-order valence-electron chi connectivity index (χ2n) is 5.77. The van der Waals surface area contributed by atoms with E-state index in [1.807, 2.05) is 24.3 Å². The molecule has 1 aromatic heterocycles. The van der Waals surface area contributed by atoms with Gasteiger partial charge in [-0.25, -0.2) is 4.79 Å². The summed E-state index contributed by atoms with van der Waals surface area (Å²) in [5.74, 6) is 0.462. The minimum absolute atomic E-state index is 0.165. The smallest absolute Gasteiger partial charge is 0.329 e. The van der Waals surface area contributed by atoms with Crippen molar-refractivity contribution in [2.75, 3.05) is 13.7 Å². The summed E-state index contributed by atoms with van der Waals surface area (Å²) in [6.07, 6.45) is 0.608. The van der Waals surface area contributed by atoms with E-state index in [-0.39, 0.29) is 12.5 Å². The first-order chi connectivity index (χ1) is 12.6. The molecule has 7 nitrogen and oxygen atoms in total. The summed E-state index contributed by atoms with van der Waals surface area (Å²) in [5.41, 5.74) is 0.357. The summed E-state index contributed by atoms with van der Waals surface area (Å²) in [5, 5.41) is 3.16. The molecular weight excluding hydrogens is 334 g/mol. The molecule has 0 unspecified atom stereocenters. The number of para-hydroxylation sites is 2. The number of methoxy groups -OCH3 is 1. The summed E-state index contributed by atoms with van der Waals surface area (Å²) in [6.45, 7) is 0.247. The van der Waals surface area contributed by atoms with E-state index < -0.39 is 11.2 Å². The molecule has 0 saturated carbocycles. The molecule has 2 N–H and O–H groups in total. The second-order valence-corrected chi connectivity index (χ2v) is 5.77. The Hall–Kier alpha value is -3.35. The molecule has 134 valence electrons. The number of nitrogens with zero attached hydrogens (tertiary/aromatic N) is 1. The fraction of sp³-hybridized carbons (Fsp3) is 0.211. The number of hydrogen-bond acceptors (Lipinski definition) is 4. The normalized spacial score (nSPS) is 10.7. The van der Waals surface area contributed by atoms with Gasteiger partial charge in [0.2, 0.25) is 5.91 Å². The Morgan fingerprint density at radius 2 is 1.85 bits per heavy atom. The van der Waals surface area contributed by atoms with Crippen LogP contribution < -0.4 is 21.3 Å². The number of aromatic nitrogens is 2. The minimum atomic E-state index is -0.603. The number of aromatic amines is 1. The van der Waals surface area contributed by atoms with Gasteiger partial charge in [-0.2, -0.15) is 0 Å². The first-order valence-electron chi connectivity index (χ1n) is 8.20. The molecule has 0 spiro atoms. The van der Waals surface area contributed by atoms with Crippen LogP contribution >= 0.6 is 0 Å². The third kappa shape index (κ3) is 3.66. The third-order valence-electron chi connectivity index (χ3n) is 4.12. The van der Waals surface area contributed by atoms with Crippen LogP contribution in [0.25, 0.3) is 10.9 Å². The summed E-state index contributed by atoms with van der Waals surface area (Å²) >= 11 is 0. The molecule has 2 aromatic carbocycles. The van der Waals surface area contributed by atoms with E-state index >= 15 is 0 Å². The van der Waals surface area contributed by atoms with Gasteiger partial charge >= 0.3 is 5.69 Å². The molecule has 0 aliphatic heterocycles. The Labute approximate surface area is 149 Å². The molecular formula is C19H19N3O4. The first-order valence-corrected chi connectivity index (χ1v) is 8.20. The maximum atomic E-state index is 12.2. The lowest BCUT2D eigenvalue weighted by Gasteiger charge is -2.11. The van der Waals surface area contributed by atoms with E-state index in [1.165, 1.54) is 4.57 Å². The van der Waals surface area contributed by atoms with Crippen molar-refractivity contribution in [2.24, 2.45) is 0 Å². The minimum Gasteiger partial charge on any atom is -0.496 e. The van der Waals surface area contributed by atoms with Gasteiger partial charge in [0, 0.05) is 6.54 Å². The van der Waals surface area contributed by atoms with Crippen LogP contribution in [0.2, 0.25) is 0 Å². The number of carbonyl (C=O) groups excluding carboxylic acids is 1. The molecule has 3 rings (SSSR count). The lowest BCUT2D eigenvalue weighted by atomic mass is 10.1. The van der Waals surface area contributed by atoms with Gasteiger partial charge in [0.25, 0.3) is 5.56 Å². The molecule has 7 heteroatoms. The molecule has 0 aliphatic carbocycles. The number of fused-ring (bicyclic) bond motifs is 1. The zero-order valence-electron chi connectivity index (χ0n) is 14.3. The molecule has 1 amide bonds. The lowest BCUT2D eigenvalue weighted by molar-refractivity contribution is -0.121. The maximum absolute atomic E-state index is 12.2. The highest BCUT2D eigenvalue weighted by Crippen LogP contribution is 2.17. The molecule has 1 heterocycles. The van der Waals surface area contributed by atoms with E-state index in [0.29, 0.717) is 23.9 Å². The largest absolute Gasteiger partial charge is 0.496 e. The molecule has 0 saturated heterocycles. The summed E-state index contributed by atoms with van der Waals surface area (Å²) in [6, 6.07) is 14.3. The van der Waals surface area contributed by atoms with Crippen LogP contribution in [-0.4, -0.2) is 29.1 Å². The molecule has 0 radical (unpaired) electrons. The highest BCUT2D eigenvalue weighted by Gasteiger charge is 2.10. The topological polar surface area (TPSA) is 93.2 Å². The van der Waals surface area contributed by atoms with Crippen molar-refractivity contribution in [3.05, 3.63) is 74.9 Å². The number of carbonyl (C=O) groups is 1. The highest BCUT2D eigenvalue weighted by atomic mass is 16.5. The van der Waals surface area contributed by atoms with Crippen LogP contribution in [0, 0.1) is 0 Å². The lowest BCUT2D eigenvalue weighted by Crippen LogP contribution is -2.37. The predicted octanol–water partition coefficient (Wildman–Crippen LogP) is 1.06. The average Bonchev–Trinajstić information content (AvgIpc) is 2.65. The van der Waals surface area contributed by atoms with Gasteiger partial charge in [0.15, 0.2) is 0 Å². The van der Waals surface area contributed by atoms with Crippen molar-refractivity contribution in [3.8, 4) is 5.75 Å². The molecule has 0 atom stereocenters. The maximum Gasteiger partial charge on any atom is 0.329 e. The van der Waals surface area contributed by atoms with Crippen molar-refractivity contribution in [3.63, 3.8) is 0 Å². The molecule has 0 aliphatic rings. The van der Waals surface area contributed by atoms with Gasteiger partial charge in [-0.1, -0.05) is 30.3 Å². The Morgan fingerprint density at radius 1 is 1.12 bits per heavy atom. The SMILES string of the molecule is COc1ccccc1CCNC(=O)Cn1c(=O)[nH]c(=O)c2ccccc21. The van der Waals surface area contributed by atoms with E-state index in [9.17, 15) is 14.4 Å². The van der Waals surface area contributed by atoms with Crippen LogP contribution in [0.4, 0.5) is 0 Å². The van der Waals surface area contributed by atoms with Crippen LogP contribution in [0.3, 0.4) is 0 Å². The zero-order chi connectivity index (χ0) is 18.5. The number of benzene rings is 2. The van der Waals surface area contributed by atoms with E-state index in [2.05, 4.69) is 10.3 Å². The molecule has 3 aromatic rings. The van der Waals surface area contributed by atoms with Crippen molar-refractivity contribution >= 4 is 16.8 Å². The number of nitrogens with one attached hydrogen (secondary N) is 2. The van der Waals surface area contributed by atoms with Crippen molar-refractivity contribution in [1.82, 2.24) is 14.9 Å². The Morgan fingerprint density at radius 3 is 2.65 bits per heavy atom. The molecule has 0 fully saturated rings. The van der Waals surface area contributed by atoms with E-state index in [1.54, 1.807) is 31.4 Å². The Bertz CT molecular complexity index is 1050. The van der Waals surface area contributed by atoms with Crippen LogP contribution in [0.1, 0.15) is 5.56 Å². The Kier molecular flexibility index (Phi) is 5.17. The van der Waals surface area contributed by atoms with Gasteiger partial charge in [-0.05, 0) is 30.2 Å². The number of ether oxygens (including phenoxy) is 1. The van der Waals surface area contributed by atoms with Crippen LogP contribution in [0.15, 0.2) is 58.1 Å². The first kappa shape index (κ1) is 17.5. The van der Waals surface area contributed by atoms with Crippen LogP contribution in [0.5, 0.6) is 5.75 Å².